The highest BCUT2D eigenvalue weighted by Gasteiger charge is 2.39. The molecule has 0 saturated carbocycles. The third-order valence-electron chi connectivity index (χ3n) is 2.56. The summed E-state index contributed by atoms with van der Waals surface area (Å²) in [6.07, 6.45) is -4.75. The first kappa shape index (κ1) is 16.0. The maximum atomic E-state index is 13.4. The van der Waals surface area contributed by atoms with Gasteiger partial charge < -0.3 is 4.74 Å². The number of aromatic nitrogens is 2. The topological polar surface area (TPSA) is 70.2 Å². The smallest absolute Gasteiger partial charge is 0.434 e. The van der Waals surface area contributed by atoms with Crippen molar-refractivity contribution >= 4 is 17.3 Å². The van der Waals surface area contributed by atoms with E-state index < -0.39 is 39.2 Å². The SMILES string of the molecule is Cn1nc(Oc2ccc([N+](=O)[O-])c(F)c2)c(Cl)c1C(F)(F)F. The monoisotopic (exact) mass is 339 g/mol. The van der Waals surface area contributed by atoms with Crippen LogP contribution in [0.15, 0.2) is 18.2 Å². The fourth-order valence-electron chi connectivity index (χ4n) is 1.66. The van der Waals surface area contributed by atoms with Crippen molar-refractivity contribution in [3.05, 3.63) is 44.8 Å². The third kappa shape index (κ3) is 2.96. The molecule has 2 rings (SSSR count). The van der Waals surface area contributed by atoms with Crippen LogP contribution in [0.2, 0.25) is 5.02 Å². The van der Waals surface area contributed by atoms with E-state index >= 15 is 0 Å². The van der Waals surface area contributed by atoms with E-state index in [0.717, 1.165) is 19.2 Å². The summed E-state index contributed by atoms with van der Waals surface area (Å²) in [5, 5.41) is 13.1. The van der Waals surface area contributed by atoms with E-state index in [1.807, 2.05) is 0 Å². The molecule has 0 saturated heterocycles. The molecule has 1 aromatic heterocycles. The zero-order valence-electron chi connectivity index (χ0n) is 10.7. The summed E-state index contributed by atoms with van der Waals surface area (Å²) in [6, 6.07) is 2.47. The summed E-state index contributed by atoms with van der Waals surface area (Å²) >= 11 is 5.56. The Morgan fingerprint density at radius 3 is 2.50 bits per heavy atom. The number of nitro benzene ring substituents is 1. The fourth-order valence-corrected chi connectivity index (χ4v) is 1.96. The van der Waals surface area contributed by atoms with E-state index in [4.69, 9.17) is 16.3 Å². The molecule has 0 fully saturated rings. The number of halogens is 5. The number of hydrogen-bond acceptors (Lipinski definition) is 4. The highest BCUT2D eigenvalue weighted by atomic mass is 35.5. The van der Waals surface area contributed by atoms with Crippen molar-refractivity contribution in [1.29, 1.82) is 0 Å². The van der Waals surface area contributed by atoms with Gasteiger partial charge in [-0.25, -0.2) is 0 Å². The van der Waals surface area contributed by atoms with Crippen LogP contribution in [0.5, 0.6) is 11.6 Å². The van der Waals surface area contributed by atoms with Gasteiger partial charge in [0.1, 0.15) is 10.8 Å². The Balaban J connectivity index is 2.36. The average molecular weight is 340 g/mol. The van der Waals surface area contributed by atoms with Gasteiger partial charge in [-0.1, -0.05) is 11.6 Å². The first-order valence-corrected chi connectivity index (χ1v) is 5.90. The normalized spacial score (nSPS) is 11.5. The maximum Gasteiger partial charge on any atom is 0.434 e. The van der Waals surface area contributed by atoms with Gasteiger partial charge in [0.15, 0.2) is 5.69 Å². The zero-order valence-corrected chi connectivity index (χ0v) is 11.4. The quantitative estimate of drug-likeness (QED) is 0.482. The molecule has 0 aliphatic heterocycles. The van der Waals surface area contributed by atoms with E-state index in [2.05, 4.69) is 5.10 Å². The molecule has 22 heavy (non-hydrogen) atoms. The molecule has 0 amide bonds. The molecule has 0 spiro atoms. The van der Waals surface area contributed by atoms with Crippen LogP contribution in [0.4, 0.5) is 23.2 Å². The fraction of sp³-hybridized carbons (Fsp3) is 0.182. The molecule has 2 aromatic rings. The molecular formula is C11H6ClF4N3O3. The molecule has 0 unspecified atom stereocenters. The average Bonchev–Trinajstić information content (AvgIpc) is 2.63. The molecule has 6 nitrogen and oxygen atoms in total. The first-order chi connectivity index (χ1) is 10.1. The summed E-state index contributed by atoms with van der Waals surface area (Å²) in [7, 11) is 1.01. The van der Waals surface area contributed by atoms with E-state index in [9.17, 15) is 27.7 Å². The molecule has 1 aromatic carbocycles. The number of nitro groups is 1. The van der Waals surface area contributed by atoms with Crippen LogP contribution in [0, 0.1) is 15.9 Å². The Kier molecular flexibility index (Phi) is 3.96. The standard InChI is InChI=1S/C11H6ClF4N3O3/c1-18-9(11(14,15)16)8(12)10(17-18)22-5-2-3-7(19(20)21)6(13)4-5/h2-4H,1H3. The van der Waals surface area contributed by atoms with Crippen LogP contribution in [0.1, 0.15) is 5.69 Å². The lowest BCUT2D eigenvalue weighted by Crippen LogP contribution is -2.12. The second-order valence-electron chi connectivity index (χ2n) is 4.06. The van der Waals surface area contributed by atoms with Crippen LogP contribution in [0.25, 0.3) is 0 Å². The van der Waals surface area contributed by atoms with Crippen LogP contribution in [-0.4, -0.2) is 14.7 Å². The number of hydrogen-bond donors (Lipinski definition) is 0. The molecule has 0 aliphatic rings. The van der Waals surface area contributed by atoms with Crippen LogP contribution in [-0.2, 0) is 13.2 Å². The Bertz CT molecular complexity index is 745. The van der Waals surface area contributed by atoms with Gasteiger partial charge in [0.25, 0.3) is 5.88 Å². The molecule has 11 heteroatoms. The summed E-state index contributed by atoms with van der Waals surface area (Å²) in [5.74, 6) is -2.08. The lowest BCUT2D eigenvalue weighted by molar-refractivity contribution is -0.387. The molecule has 0 atom stereocenters. The second-order valence-corrected chi connectivity index (χ2v) is 4.44. The predicted octanol–water partition coefficient (Wildman–Crippen LogP) is 3.93. The van der Waals surface area contributed by atoms with Gasteiger partial charge in [-0.15, -0.1) is 5.10 Å². The van der Waals surface area contributed by atoms with Crippen LogP contribution >= 0.6 is 11.6 Å². The number of ether oxygens (including phenoxy) is 1. The second kappa shape index (κ2) is 5.44. The first-order valence-electron chi connectivity index (χ1n) is 5.52. The highest BCUT2D eigenvalue weighted by Crippen LogP contribution is 2.40. The minimum Gasteiger partial charge on any atom is -0.436 e. The maximum absolute atomic E-state index is 13.4. The van der Waals surface area contributed by atoms with Crippen molar-refractivity contribution in [2.45, 2.75) is 6.18 Å². The van der Waals surface area contributed by atoms with Crippen molar-refractivity contribution in [3.63, 3.8) is 0 Å². The Labute approximate surface area is 125 Å². The van der Waals surface area contributed by atoms with Crippen molar-refractivity contribution < 1.29 is 27.2 Å². The van der Waals surface area contributed by atoms with E-state index in [0.29, 0.717) is 10.7 Å². The molecule has 1 heterocycles. The van der Waals surface area contributed by atoms with Crippen molar-refractivity contribution in [3.8, 4) is 11.6 Å². The van der Waals surface area contributed by atoms with Gasteiger partial charge in [0, 0.05) is 19.2 Å². The number of alkyl halides is 3. The summed E-state index contributed by atoms with van der Waals surface area (Å²) in [4.78, 5) is 9.52. The molecule has 0 bridgehead atoms. The zero-order chi connectivity index (χ0) is 16.7. The molecule has 0 N–H and O–H groups in total. The predicted molar refractivity (Wildman–Crippen MR) is 66.3 cm³/mol. The highest BCUT2D eigenvalue weighted by molar-refractivity contribution is 6.32. The molecular weight excluding hydrogens is 334 g/mol. The number of aryl methyl sites for hydroxylation is 1. The van der Waals surface area contributed by atoms with E-state index in [1.54, 1.807) is 0 Å². The number of rotatable bonds is 3. The van der Waals surface area contributed by atoms with Gasteiger partial charge in [-0.3, -0.25) is 14.8 Å². The minimum atomic E-state index is -4.75. The Morgan fingerprint density at radius 2 is 2.05 bits per heavy atom. The lowest BCUT2D eigenvalue weighted by atomic mass is 10.3. The minimum absolute atomic E-state index is 0.281. The van der Waals surface area contributed by atoms with E-state index in [1.165, 1.54) is 0 Å². The summed E-state index contributed by atoms with van der Waals surface area (Å²) < 4.78 is 57.0. The van der Waals surface area contributed by atoms with Crippen molar-refractivity contribution in [1.82, 2.24) is 9.78 Å². The van der Waals surface area contributed by atoms with Crippen LogP contribution < -0.4 is 4.74 Å². The van der Waals surface area contributed by atoms with Gasteiger partial charge in [-0.2, -0.15) is 17.6 Å². The molecule has 0 aliphatic carbocycles. The molecule has 118 valence electrons. The van der Waals surface area contributed by atoms with Crippen LogP contribution in [0.3, 0.4) is 0 Å². The van der Waals surface area contributed by atoms with Gasteiger partial charge in [0.2, 0.25) is 5.82 Å². The number of nitrogens with zero attached hydrogens (tertiary/aromatic N) is 3. The largest absolute Gasteiger partial charge is 0.436 e. The summed E-state index contributed by atoms with van der Waals surface area (Å²) in [6.45, 7) is 0. The van der Waals surface area contributed by atoms with Crippen molar-refractivity contribution in [2.75, 3.05) is 0 Å². The lowest BCUT2D eigenvalue weighted by Gasteiger charge is -2.06. The number of benzene rings is 1. The van der Waals surface area contributed by atoms with E-state index in [-0.39, 0.29) is 5.75 Å². The van der Waals surface area contributed by atoms with Gasteiger partial charge in [0.05, 0.1) is 4.92 Å². The van der Waals surface area contributed by atoms with Gasteiger partial charge in [-0.05, 0) is 6.07 Å². The Morgan fingerprint density at radius 1 is 1.41 bits per heavy atom. The van der Waals surface area contributed by atoms with Gasteiger partial charge >= 0.3 is 11.9 Å². The van der Waals surface area contributed by atoms with Crippen molar-refractivity contribution in [2.24, 2.45) is 7.05 Å². The molecule has 0 radical (unpaired) electrons. The third-order valence-corrected chi connectivity index (χ3v) is 2.90. The Hall–Kier alpha value is -2.36. The summed E-state index contributed by atoms with van der Waals surface area (Å²) in [5.41, 5.74) is -2.03.